The van der Waals surface area contributed by atoms with Gasteiger partial charge in [0.2, 0.25) is 29.5 Å². The van der Waals surface area contributed by atoms with Crippen LogP contribution in [0.5, 0.6) is 0 Å². The third-order valence-electron chi connectivity index (χ3n) is 5.11. The zero-order chi connectivity index (χ0) is 25.1. The molecule has 0 atom stereocenters. The van der Waals surface area contributed by atoms with Crippen LogP contribution in [0.15, 0.2) is 0 Å². The van der Waals surface area contributed by atoms with Crippen LogP contribution in [0.1, 0.15) is 72.6 Å². The number of amides is 5. The molecule has 5 amide bonds. The molecule has 10 nitrogen and oxygen atoms in total. The molecule has 0 aliphatic rings. The average molecular weight is 470 g/mol. The molecule has 0 saturated carbocycles. The van der Waals surface area contributed by atoms with Crippen LogP contribution in [-0.2, 0) is 24.0 Å². The average Bonchev–Trinajstić information content (AvgIpc) is 2.72. The summed E-state index contributed by atoms with van der Waals surface area (Å²) in [5, 5.41) is 8.24. The highest BCUT2D eigenvalue weighted by molar-refractivity contribution is 5.76. The second-order valence-electron chi connectivity index (χ2n) is 8.20. The van der Waals surface area contributed by atoms with E-state index in [0.717, 1.165) is 19.3 Å². The summed E-state index contributed by atoms with van der Waals surface area (Å²) in [4.78, 5) is 60.8. The summed E-state index contributed by atoms with van der Waals surface area (Å²) >= 11 is 0. The molecule has 33 heavy (non-hydrogen) atoms. The van der Waals surface area contributed by atoms with Crippen LogP contribution in [0.4, 0.5) is 0 Å². The fourth-order valence-corrected chi connectivity index (χ4v) is 3.27. The quantitative estimate of drug-likeness (QED) is 0.256. The Morgan fingerprint density at radius 3 is 1.48 bits per heavy atom. The predicted octanol–water partition coefficient (Wildman–Crippen LogP) is 0.803. The fraction of sp³-hybridized carbons (Fsp3) is 0.783. The normalized spacial score (nSPS) is 10.3. The van der Waals surface area contributed by atoms with E-state index < -0.39 is 0 Å². The molecule has 0 aliphatic heterocycles. The Morgan fingerprint density at radius 1 is 0.515 bits per heavy atom. The standard InChI is InChI=1S/C23H43N5O5/c1-19(29)24-12-8-13-26-23(33)11-6-5-7-15-27(21(3)31)17-10-18-28(22(4)32)16-9-14-25-20(2)30/h5-18H2,1-4H3,(H,24,29)(H,25,30)(H,26,33). The van der Waals surface area contributed by atoms with Gasteiger partial charge in [-0.1, -0.05) is 6.42 Å². The monoisotopic (exact) mass is 469 g/mol. The van der Waals surface area contributed by atoms with Crippen molar-refractivity contribution < 1.29 is 24.0 Å². The molecule has 3 N–H and O–H groups in total. The lowest BCUT2D eigenvalue weighted by atomic mass is 10.1. The number of hydrogen-bond acceptors (Lipinski definition) is 5. The number of nitrogens with one attached hydrogen (secondary N) is 3. The van der Waals surface area contributed by atoms with Crippen molar-refractivity contribution in [2.75, 3.05) is 45.8 Å². The van der Waals surface area contributed by atoms with E-state index in [1.807, 2.05) is 0 Å². The summed E-state index contributed by atoms with van der Waals surface area (Å²) < 4.78 is 0. The lowest BCUT2D eigenvalue weighted by Gasteiger charge is -2.25. The molecule has 0 bridgehead atoms. The molecule has 0 rings (SSSR count). The van der Waals surface area contributed by atoms with Crippen LogP contribution in [0, 0.1) is 0 Å². The molecule has 0 heterocycles. The van der Waals surface area contributed by atoms with E-state index in [2.05, 4.69) is 16.0 Å². The van der Waals surface area contributed by atoms with Gasteiger partial charge in [-0.3, -0.25) is 24.0 Å². The topological polar surface area (TPSA) is 128 Å². The van der Waals surface area contributed by atoms with Crippen LogP contribution in [-0.4, -0.2) is 85.1 Å². The third kappa shape index (κ3) is 18.6. The van der Waals surface area contributed by atoms with Gasteiger partial charge in [0, 0.05) is 79.9 Å². The lowest BCUT2D eigenvalue weighted by Crippen LogP contribution is -2.36. The fourth-order valence-electron chi connectivity index (χ4n) is 3.27. The van der Waals surface area contributed by atoms with Gasteiger partial charge in [0.15, 0.2) is 0 Å². The van der Waals surface area contributed by atoms with Gasteiger partial charge in [0.05, 0.1) is 0 Å². The Hall–Kier alpha value is -2.65. The highest BCUT2D eigenvalue weighted by Crippen LogP contribution is 2.05. The largest absolute Gasteiger partial charge is 0.356 e. The van der Waals surface area contributed by atoms with Gasteiger partial charge >= 0.3 is 0 Å². The van der Waals surface area contributed by atoms with E-state index in [1.54, 1.807) is 16.7 Å². The smallest absolute Gasteiger partial charge is 0.219 e. The van der Waals surface area contributed by atoms with Gasteiger partial charge in [-0.25, -0.2) is 0 Å². The van der Waals surface area contributed by atoms with Crippen LogP contribution in [0.3, 0.4) is 0 Å². The lowest BCUT2D eigenvalue weighted by molar-refractivity contribution is -0.130. The van der Waals surface area contributed by atoms with Gasteiger partial charge < -0.3 is 25.8 Å². The molecular weight excluding hydrogens is 426 g/mol. The van der Waals surface area contributed by atoms with E-state index in [-0.39, 0.29) is 29.5 Å². The molecule has 0 aromatic carbocycles. The summed E-state index contributed by atoms with van der Waals surface area (Å²) in [6.45, 7) is 10.00. The number of unbranched alkanes of at least 4 members (excludes halogenated alkanes) is 2. The first-order valence-corrected chi connectivity index (χ1v) is 11.9. The molecular formula is C23H43N5O5. The maximum atomic E-state index is 11.9. The second-order valence-corrected chi connectivity index (χ2v) is 8.20. The number of carbonyl (C=O) groups is 5. The van der Waals surface area contributed by atoms with E-state index in [9.17, 15) is 24.0 Å². The van der Waals surface area contributed by atoms with Gasteiger partial charge in [0.25, 0.3) is 0 Å². The zero-order valence-electron chi connectivity index (χ0n) is 20.8. The molecule has 0 saturated heterocycles. The molecule has 0 aliphatic carbocycles. The van der Waals surface area contributed by atoms with E-state index in [4.69, 9.17) is 0 Å². The first-order chi connectivity index (χ1) is 15.6. The maximum absolute atomic E-state index is 11.9. The summed E-state index contributed by atoms with van der Waals surface area (Å²) in [5.41, 5.74) is 0. The van der Waals surface area contributed by atoms with Gasteiger partial charge in [0.1, 0.15) is 0 Å². The van der Waals surface area contributed by atoms with Gasteiger partial charge in [-0.2, -0.15) is 0 Å². The zero-order valence-corrected chi connectivity index (χ0v) is 20.8. The van der Waals surface area contributed by atoms with Crippen LogP contribution in [0.2, 0.25) is 0 Å². The summed E-state index contributed by atoms with van der Waals surface area (Å²) in [6.07, 6.45) is 4.98. The van der Waals surface area contributed by atoms with Crippen molar-refractivity contribution in [2.24, 2.45) is 0 Å². The minimum atomic E-state index is -0.0826. The Bertz CT molecular complexity index is 626. The molecule has 0 spiro atoms. The summed E-state index contributed by atoms with van der Waals surface area (Å²) in [7, 11) is 0. The van der Waals surface area contributed by atoms with Gasteiger partial charge in [-0.05, 0) is 32.1 Å². The number of carbonyl (C=O) groups excluding carboxylic acids is 5. The highest BCUT2D eigenvalue weighted by atomic mass is 16.2. The van der Waals surface area contributed by atoms with Crippen molar-refractivity contribution in [2.45, 2.75) is 72.6 Å². The van der Waals surface area contributed by atoms with Crippen LogP contribution < -0.4 is 16.0 Å². The molecule has 0 fully saturated rings. The molecule has 0 radical (unpaired) electrons. The maximum Gasteiger partial charge on any atom is 0.219 e. The van der Waals surface area contributed by atoms with Crippen LogP contribution >= 0.6 is 0 Å². The number of rotatable bonds is 18. The van der Waals surface area contributed by atoms with Crippen molar-refractivity contribution in [3.8, 4) is 0 Å². The number of nitrogens with zero attached hydrogens (tertiary/aromatic N) is 2. The number of hydrogen-bond donors (Lipinski definition) is 3. The molecule has 10 heteroatoms. The second kappa shape index (κ2) is 18.9. The predicted molar refractivity (Wildman–Crippen MR) is 127 cm³/mol. The van der Waals surface area contributed by atoms with Crippen LogP contribution in [0.25, 0.3) is 0 Å². The Morgan fingerprint density at radius 2 is 0.970 bits per heavy atom. The minimum absolute atomic E-state index is 0.00377. The molecule has 190 valence electrons. The van der Waals surface area contributed by atoms with Crippen molar-refractivity contribution in [1.29, 1.82) is 0 Å². The van der Waals surface area contributed by atoms with E-state index >= 15 is 0 Å². The van der Waals surface area contributed by atoms with Crippen molar-refractivity contribution in [3.63, 3.8) is 0 Å². The molecule has 0 aromatic heterocycles. The minimum Gasteiger partial charge on any atom is -0.356 e. The highest BCUT2D eigenvalue weighted by Gasteiger charge is 2.12. The van der Waals surface area contributed by atoms with Crippen molar-refractivity contribution in [3.05, 3.63) is 0 Å². The third-order valence-corrected chi connectivity index (χ3v) is 5.11. The van der Waals surface area contributed by atoms with Gasteiger partial charge in [-0.15, -0.1) is 0 Å². The molecule has 0 unspecified atom stereocenters. The Balaban J connectivity index is 4.01. The summed E-state index contributed by atoms with van der Waals surface area (Å²) in [5.74, 6) is -0.159. The van der Waals surface area contributed by atoms with E-state index in [0.29, 0.717) is 71.5 Å². The van der Waals surface area contributed by atoms with Crippen molar-refractivity contribution in [1.82, 2.24) is 25.8 Å². The Labute approximate surface area is 198 Å². The van der Waals surface area contributed by atoms with Crippen molar-refractivity contribution >= 4 is 29.5 Å². The Kier molecular flexibility index (Phi) is 17.4. The van der Waals surface area contributed by atoms with E-state index in [1.165, 1.54) is 20.8 Å². The molecule has 0 aromatic rings. The first-order valence-electron chi connectivity index (χ1n) is 11.9. The summed E-state index contributed by atoms with van der Waals surface area (Å²) in [6, 6.07) is 0. The SMILES string of the molecule is CC(=O)NCCCNC(=O)CCCCCN(CCCN(CCCNC(C)=O)C(C)=O)C(C)=O. The first kappa shape index (κ1) is 30.4.